The predicted molar refractivity (Wildman–Crippen MR) is 98.1 cm³/mol. The number of anilines is 2. The fourth-order valence-electron chi connectivity index (χ4n) is 2.35. The standard InChI is InChI=1S/C18H17N5OS/c1-10-4-5-15(11(2)6-10)22-16(24)9-25-18-14(8-20)12(3)13(7-19)17(21)23-18/h4-6H,9H2,1-3H3,(H2,21,23)(H,22,24). The second kappa shape index (κ2) is 7.69. The number of aryl methyl sites for hydroxylation is 2. The first-order valence-electron chi connectivity index (χ1n) is 7.47. The molecule has 0 radical (unpaired) electrons. The summed E-state index contributed by atoms with van der Waals surface area (Å²) in [5.41, 5.74) is 9.56. The van der Waals surface area contributed by atoms with Gasteiger partial charge in [-0.15, -0.1) is 0 Å². The van der Waals surface area contributed by atoms with Crippen LogP contribution in [0, 0.1) is 43.4 Å². The van der Waals surface area contributed by atoms with Gasteiger partial charge in [0.1, 0.15) is 23.0 Å². The highest BCUT2D eigenvalue weighted by molar-refractivity contribution is 8.00. The van der Waals surface area contributed by atoms with Gasteiger partial charge < -0.3 is 11.1 Å². The zero-order chi connectivity index (χ0) is 18.6. The topological polar surface area (TPSA) is 116 Å². The minimum absolute atomic E-state index is 0.0660. The van der Waals surface area contributed by atoms with Crippen molar-refractivity contribution in [3.8, 4) is 12.1 Å². The van der Waals surface area contributed by atoms with Crippen molar-refractivity contribution in [1.29, 1.82) is 10.5 Å². The number of nitrogens with two attached hydrogens (primary N) is 1. The van der Waals surface area contributed by atoms with Crippen LogP contribution in [0.2, 0.25) is 0 Å². The highest BCUT2D eigenvalue weighted by Gasteiger charge is 2.17. The van der Waals surface area contributed by atoms with E-state index in [0.717, 1.165) is 28.6 Å². The van der Waals surface area contributed by atoms with Gasteiger partial charge in [0, 0.05) is 5.69 Å². The first kappa shape index (κ1) is 18.3. The number of rotatable bonds is 4. The Bertz CT molecular complexity index is 925. The van der Waals surface area contributed by atoms with Crippen molar-refractivity contribution in [2.45, 2.75) is 25.8 Å². The third-order valence-electron chi connectivity index (χ3n) is 3.66. The van der Waals surface area contributed by atoms with E-state index in [0.29, 0.717) is 10.6 Å². The van der Waals surface area contributed by atoms with Crippen LogP contribution in [-0.2, 0) is 4.79 Å². The lowest BCUT2D eigenvalue weighted by Crippen LogP contribution is -2.15. The Morgan fingerprint density at radius 2 is 1.92 bits per heavy atom. The van der Waals surface area contributed by atoms with E-state index in [2.05, 4.69) is 10.3 Å². The van der Waals surface area contributed by atoms with Crippen LogP contribution in [0.3, 0.4) is 0 Å². The largest absolute Gasteiger partial charge is 0.383 e. The molecule has 0 saturated heterocycles. The lowest BCUT2D eigenvalue weighted by Gasteiger charge is -2.11. The monoisotopic (exact) mass is 351 g/mol. The minimum Gasteiger partial charge on any atom is -0.383 e. The molecule has 0 bridgehead atoms. The first-order valence-corrected chi connectivity index (χ1v) is 8.46. The number of hydrogen-bond acceptors (Lipinski definition) is 6. The molecule has 1 aromatic carbocycles. The van der Waals surface area contributed by atoms with E-state index < -0.39 is 0 Å². The number of nitriles is 2. The van der Waals surface area contributed by atoms with Crippen molar-refractivity contribution in [3.63, 3.8) is 0 Å². The molecule has 0 aliphatic rings. The summed E-state index contributed by atoms with van der Waals surface area (Å²) in [5, 5.41) is 21.6. The normalized spacial score (nSPS) is 9.96. The van der Waals surface area contributed by atoms with Gasteiger partial charge in [-0.2, -0.15) is 10.5 Å². The smallest absolute Gasteiger partial charge is 0.234 e. The number of nitrogen functional groups attached to an aromatic ring is 1. The number of benzene rings is 1. The summed E-state index contributed by atoms with van der Waals surface area (Å²) < 4.78 is 0. The Morgan fingerprint density at radius 3 is 2.52 bits per heavy atom. The quantitative estimate of drug-likeness (QED) is 0.818. The first-order chi connectivity index (χ1) is 11.9. The van der Waals surface area contributed by atoms with Gasteiger partial charge in [-0.1, -0.05) is 29.5 Å². The average molecular weight is 351 g/mol. The molecule has 0 atom stereocenters. The van der Waals surface area contributed by atoms with Crippen LogP contribution in [0.4, 0.5) is 11.5 Å². The van der Waals surface area contributed by atoms with Gasteiger partial charge in [-0.3, -0.25) is 4.79 Å². The number of pyridine rings is 1. The van der Waals surface area contributed by atoms with Crippen LogP contribution in [-0.4, -0.2) is 16.6 Å². The molecule has 2 aromatic rings. The van der Waals surface area contributed by atoms with Crippen molar-refractivity contribution in [3.05, 3.63) is 46.0 Å². The number of nitrogens with one attached hydrogen (secondary N) is 1. The summed E-state index contributed by atoms with van der Waals surface area (Å²) in [5.74, 6) is -0.0562. The molecule has 7 heteroatoms. The average Bonchev–Trinajstić information content (AvgIpc) is 2.56. The Hall–Kier alpha value is -3.03. The molecule has 2 rings (SSSR count). The number of aromatic nitrogens is 1. The molecule has 0 fully saturated rings. The lowest BCUT2D eigenvalue weighted by molar-refractivity contribution is -0.113. The molecule has 0 unspecified atom stereocenters. The van der Waals surface area contributed by atoms with E-state index in [1.807, 2.05) is 44.2 Å². The van der Waals surface area contributed by atoms with Crippen LogP contribution >= 0.6 is 11.8 Å². The second-order valence-corrected chi connectivity index (χ2v) is 6.52. The number of amides is 1. The molecule has 0 spiro atoms. The maximum atomic E-state index is 12.2. The molecule has 3 N–H and O–H groups in total. The highest BCUT2D eigenvalue weighted by Crippen LogP contribution is 2.28. The zero-order valence-electron chi connectivity index (χ0n) is 14.2. The maximum absolute atomic E-state index is 12.2. The van der Waals surface area contributed by atoms with Crippen molar-refractivity contribution in [1.82, 2.24) is 4.98 Å². The van der Waals surface area contributed by atoms with Gasteiger partial charge in [0.05, 0.1) is 16.9 Å². The lowest BCUT2D eigenvalue weighted by atomic mass is 10.1. The summed E-state index contributed by atoms with van der Waals surface area (Å²) in [6.07, 6.45) is 0. The van der Waals surface area contributed by atoms with Crippen LogP contribution in [0.15, 0.2) is 23.2 Å². The Morgan fingerprint density at radius 1 is 1.24 bits per heavy atom. The predicted octanol–water partition coefficient (Wildman–Crippen LogP) is 3.06. The van der Waals surface area contributed by atoms with Crippen LogP contribution in [0.1, 0.15) is 27.8 Å². The van der Waals surface area contributed by atoms with Gasteiger partial charge in [-0.05, 0) is 38.0 Å². The Labute approximate surface area is 150 Å². The van der Waals surface area contributed by atoms with Gasteiger partial charge in [0.2, 0.25) is 5.91 Å². The molecule has 6 nitrogen and oxygen atoms in total. The summed E-state index contributed by atoms with van der Waals surface area (Å²) in [6.45, 7) is 5.56. The van der Waals surface area contributed by atoms with Gasteiger partial charge in [0.25, 0.3) is 0 Å². The highest BCUT2D eigenvalue weighted by atomic mass is 32.2. The number of hydrogen-bond donors (Lipinski definition) is 2. The third kappa shape index (κ3) is 4.09. The fourth-order valence-corrected chi connectivity index (χ4v) is 3.20. The van der Waals surface area contributed by atoms with Crippen LogP contribution in [0.25, 0.3) is 0 Å². The van der Waals surface area contributed by atoms with E-state index >= 15 is 0 Å². The number of carbonyl (C=O) groups is 1. The SMILES string of the molecule is Cc1ccc(NC(=O)CSc2nc(N)c(C#N)c(C)c2C#N)c(C)c1. The summed E-state index contributed by atoms with van der Waals surface area (Å²) in [6, 6.07) is 9.75. The van der Waals surface area contributed by atoms with Gasteiger partial charge in [0.15, 0.2) is 0 Å². The number of thioether (sulfide) groups is 1. The summed E-state index contributed by atoms with van der Waals surface area (Å²) in [4.78, 5) is 16.3. The minimum atomic E-state index is -0.205. The molecule has 0 saturated carbocycles. The Kier molecular flexibility index (Phi) is 5.63. The van der Waals surface area contributed by atoms with Crippen LogP contribution < -0.4 is 11.1 Å². The van der Waals surface area contributed by atoms with Gasteiger partial charge in [-0.25, -0.2) is 4.98 Å². The van der Waals surface area contributed by atoms with E-state index in [-0.39, 0.29) is 28.6 Å². The molecular weight excluding hydrogens is 334 g/mol. The molecule has 0 aliphatic carbocycles. The van der Waals surface area contributed by atoms with Gasteiger partial charge >= 0.3 is 0 Å². The van der Waals surface area contributed by atoms with E-state index in [9.17, 15) is 10.1 Å². The van der Waals surface area contributed by atoms with E-state index in [1.54, 1.807) is 6.92 Å². The molecule has 1 aromatic heterocycles. The van der Waals surface area contributed by atoms with Crippen molar-refractivity contribution in [2.24, 2.45) is 0 Å². The van der Waals surface area contributed by atoms with Crippen LogP contribution in [0.5, 0.6) is 0 Å². The molecule has 0 aliphatic heterocycles. The zero-order valence-corrected chi connectivity index (χ0v) is 15.0. The van der Waals surface area contributed by atoms with Crippen molar-refractivity contribution < 1.29 is 4.79 Å². The molecule has 25 heavy (non-hydrogen) atoms. The molecule has 126 valence electrons. The molecule has 1 heterocycles. The fraction of sp³-hybridized carbons (Fsp3) is 0.222. The maximum Gasteiger partial charge on any atom is 0.234 e. The molecular formula is C18H17N5OS. The van der Waals surface area contributed by atoms with E-state index in [1.165, 1.54) is 0 Å². The Balaban J connectivity index is 2.15. The second-order valence-electron chi connectivity index (χ2n) is 5.56. The summed E-state index contributed by atoms with van der Waals surface area (Å²) in [7, 11) is 0. The molecule has 1 amide bonds. The van der Waals surface area contributed by atoms with Crippen molar-refractivity contribution >= 4 is 29.2 Å². The van der Waals surface area contributed by atoms with E-state index in [4.69, 9.17) is 11.0 Å². The summed E-state index contributed by atoms with van der Waals surface area (Å²) >= 11 is 1.12. The van der Waals surface area contributed by atoms with Crippen molar-refractivity contribution in [2.75, 3.05) is 16.8 Å². The third-order valence-corrected chi connectivity index (χ3v) is 4.64. The number of carbonyl (C=O) groups excluding carboxylic acids is 1. The number of nitrogens with zero attached hydrogens (tertiary/aromatic N) is 3.